The fraction of sp³-hybridized carbons (Fsp3) is 0.385. The van der Waals surface area contributed by atoms with E-state index in [1.165, 1.54) is 0 Å². The summed E-state index contributed by atoms with van der Waals surface area (Å²) in [6, 6.07) is 6.39. The van der Waals surface area contributed by atoms with E-state index in [0.717, 1.165) is 12.0 Å². The fourth-order valence-electron chi connectivity index (χ4n) is 1.60. The second-order valence-corrected chi connectivity index (χ2v) is 4.41. The Morgan fingerprint density at radius 1 is 1.33 bits per heavy atom. The number of benzene rings is 1. The van der Waals surface area contributed by atoms with E-state index in [1.807, 2.05) is 0 Å². The standard InChI is InChI=1S/C13H17N3O2/c1-3-8(2)11(14)13-15-12(16-18-13)9-4-6-10(17)7-5-9/h4-8,11,17H,3,14H2,1-2H3. The Balaban J connectivity index is 2.22. The van der Waals surface area contributed by atoms with Gasteiger partial charge < -0.3 is 15.4 Å². The molecule has 2 atom stereocenters. The first-order valence-electron chi connectivity index (χ1n) is 6.00. The molecule has 0 saturated carbocycles. The number of nitrogens with two attached hydrogens (primary N) is 1. The molecule has 0 amide bonds. The van der Waals surface area contributed by atoms with Crippen molar-refractivity contribution in [3.05, 3.63) is 30.2 Å². The van der Waals surface area contributed by atoms with Crippen molar-refractivity contribution >= 4 is 0 Å². The third kappa shape index (κ3) is 2.51. The minimum atomic E-state index is -0.242. The molecule has 3 N–H and O–H groups in total. The van der Waals surface area contributed by atoms with Crippen LogP contribution in [0, 0.1) is 5.92 Å². The van der Waals surface area contributed by atoms with Crippen LogP contribution in [0.1, 0.15) is 32.2 Å². The minimum Gasteiger partial charge on any atom is -0.508 e. The van der Waals surface area contributed by atoms with Gasteiger partial charge in [-0.05, 0) is 30.2 Å². The second kappa shape index (κ2) is 5.18. The van der Waals surface area contributed by atoms with Crippen LogP contribution in [-0.4, -0.2) is 15.2 Å². The molecule has 1 heterocycles. The highest BCUT2D eigenvalue weighted by Crippen LogP contribution is 2.24. The van der Waals surface area contributed by atoms with Gasteiger partial charge in [0, 0.05) is 5.56 Å². The summed E-state index contributed by atoms with van der Waals surface area (Å²) in [5.74, 6) is 1.44. The van der Waals surface area contributed by atoms with E-state index in [2.05, 4.69) is 24.0 Å². The molecule has 1 aromatic carbocycles. The molecule has 2 aromatic rings. The van der Waals surface area contributed by atoms with Crippen molar-refractivity contribution in [3.63, 3.8) is 0 Å². The van der Waals surface area contributed by atoms with Crippen molar-refractivity contribution in [2.45, 2.75) is 26.3 Å². The van der Waals surface area contributed by atoms with Crippen molar-refractivity contribution in [1.29, 1.82) is 0 Å². The minimum absolute atomic E-state index is 0.207. The van der Waals surface area contributed by atoms with E-state index in [1.54, 1.807) is 24.3 Å². The van der Waals surface area contributed by atoms with Gasteiger partial charge in [-0.25, -0.2) is 0 Å². The molecule has 0 saturated heterocycles. The van der Waals surface area contributed by atoms with Crippen LogP contribution in [0.25, 0.3) is 11.4 Å². The molecule has 0 bridgehead atoms. The lowest BCUT2D eigenvalue weighted by atomic mass is 10.0. The summed E-state index contributed by atoms with van der Waals surface area (Å²) in [5.41, 5.74) is 6.82. The topological polar surface area (TPSA) is 85.2 Å². The number of nitrogens with zero attached hydrogens (tertiary/aromatic N) is 2. The SMILES string of the molecule is CCC(C)C(N)c1nc(-c2ccc(O)cc2)no1. The summed E-state index contributed by atoms with van der Waals surface area (Å²) in [6.45, 7) is 4.12. The zero-order chi connectivity index (χ0) is 13.1. The van der Waals surface area contributed by atoms with E-state index < -0.39 is 0 Å². The molecule has 5 nitrogen and oxygen atoms in total. The van der Waals surface area contributed by atoms with E-state index in [9.17, 15) is 5.11 Å². The van der Waals surface area contributed by atoms with Gasteiger partial charge in [-0.2, -0.15) is 4.98 Å². The lowest BCUT2D eigenvalue weighted by Crippen LogP contribution is -2.18. The molecule has 0 aliphatic heterocycles. The van der Waals surface area contributed by atoms with Gasteiger partial charge >= 0.3 is 0 Å². The Bertz CT molecular complexity index is 507. The summed E-state index contributed by atoms with van der Waals surface area (Å²) in [6.07, 6.45) is 0.956. The van der Waals surface area contributed by atoms with Crippen LogP contribution < -0.4 is 5.73 Å². The van der Waals surface area contributed by atoms with Crippen LogP contribution in [0.5, 0.6) is 5.75 Å². The molecule has 0 aliphatic rings. The van der Waals surface area contributed by atoms with E-state index in [0.29, 0.717) is 11.7 Å². The third-order valence-electron chi connectivity index (χ3n) is 3.11. The van der Waals surface area contributed by atoms with Crippen molar-refractivity contribution < 1.29 is 9.63 Å². The van der Waals surface area contributed by atoms with Crippen LogP contribution in [0.2, 0.25) is 0 Å². The first kappa shape index (κ1) is 12.6. The molecule has 5 heteroatoms. The van der Waals surface area contributed by atoms with E-state index in [-0.39, 0.29) is 17.7 Å². The highest BCUT2D eigenvalue weighted by Gasteiger charge is 2.20. The first-order valence-corrected chi connectivity index (χ1v) is 6.00. The summed E-state index contributed by atoms with van der Waals surface area (Å²) < 4.78 is 5.19. The Labute approximate surface area is 106 Å². The van der Waals surface area contributed by atoms with Gasteiger partial charge in [0.05, 0.1) is 6.04 Å². The van der Waals surface area contributed by atoms with Crippen LogP contribution in [0.3, 0.4) is 0 Å². The van der Waals surface area contributed by atoms with Gasteiger partial charge in [-0.1, -0.05) is 25.4 Å². The van der Waals surface area contributed by atoms with E-state index in [4.69, 9.17) is 10.3 Å². The Morgan fingerprint density at radius 3 is 2.61 bits per heavy atom. The smallest absolute Gasteiger partial charge is 0.244 e. The van der Waals surface area contributed by atoms with Crippen molar-refractivity contribution in [2.24, 2.45) is 11.7 Å². The molecule has 2 rings (SSSR count). The number of aromatic hydroxyl groups is 1. The van der Waals surface area contributed by atoms with Crippen LogP contribution in [0.4, 0.5) is 0 Å². The third-order valence-corrected chi connectivity index (χ3v) is 3.11. The molecule has 96 valence electrons. The molecule has 2 unspecified atom stereocenters. The highest BCUT2D eigenvalue weighted by atomic mass is 16.5. The lowest BCUT2D eigenvalue weighted by Gasteiger charge is -2.12. The van der Waals surface area contributed by atoms with Gasteiger partial charge in [-0.15, -0.1) is 0 Å². The van der Waals surface area contributed by atoms with Gasteiger partial charge in [0.25, 0.3) is 0 Å². The predicted octanol–water partition coefficient (Wildman–Crippen LogP) is 2.49. The summed E-state index contributed by atoms with van der Waals surface area (Å²) in [4.78, 5) is 4.29. The van der Waals surface area contributed by atoms with Crippen molar-refractivity contribution in [2.75, 3.05) is 0 Å². The fourth-order valence-corrected chi connectivity index (χ4v) is 1.60. The van der Waals surface area contributed by atoms with Gasteiger partial charge in [0.15, 0.2) is 0 Å². The maximum absolute atomic E-state index is 9.22. The highest BCUT2D eigenvalue weighted by molar-refractivity contribution is 5.55. The number of hydrogen-bond donors (Lipinski definition) is 2. The first-order chi connectivity index (χ1) is 8.61. The van der Waals surface area contributed by atoms with Crippen LogP contribution >= 0.6 is 0 Å². The molecule has 18 heavy (non-hydrogen) atoms. The molecular formula is C13H17N3O2. The largest absolute Gasteiger partial charge is 0.508 e. The van der Waals surface area contributed by atoms with Crippen LogP contribution in [0.15, 0.2) is 28.8 Å². The zero-order valence-corrected chi connectivity index (χ0v) is 10.5. The van der Waals surface area contributed by atoms with Gasteiger partial charge in [-0.3, -0.25) is 0 Å². The number of phenolic OH excluding ortho intramolecular Hbond substituents is 1. The van der Waals surface area contributed by atoms with Crippen LogP contribution in [-0.2, 0) is 0 Å². The number of aromatic nitrogens is 2. The Kier molecular flexibility index (Phi) is 3.62. The summed E-state index contributed by atoms with van der Waals surface area (Å²) >= 11 is 0. The molecule has 0 spiro atoms. The molecule has 0 aliphatic carbocycles. The van der Waals surface area contributed by atoms with Crippen molar-refractivity contribution in [1.82, 2.24) is 10.1 Å². The quantitative estimate of drug-likeness (QED) is 0.867. The average Bonchev–Trinajstić information content (AvgIpc) is 2.87. The number of hydrogen-bond acceptors (Lipinski definition) is 5. The second-order valence-electron chi connectivity index (χ2n) is 4.41. The predicted molar refractivity (Wildman–Crippen MR) is 67.8 cm³/mol. The maximum Gasteiger partial charge on any atom is 0.244 e. The number of rotatable bonds is 4. The zero-order valence-electron chi connectivity index (χ0n) is 10.5. The summed E-state index contributed by atoms with van der Waals surface area (Å²) in [7, 11) is 0. The average molecular weight is 247 g/mol. The van der Waals surface area contributed by atoms with Gasteiger partial charge in [0.2, 0.25) is 11.7 Å². The van der Waals surface area contributed by atoms with Gasteiger partial charge in [0.1, 0.15) is 5.75 Å². The number of phenols is 1. The monoisotopic (exact) mass is 247 g/mol. The molecular weight excluding hydrogens is 230 g/mol. The van der Waals surface area contributed by atoms with Crippen molar-refractivity contribution in [3.8, 4) is 17.1 Å². The Morgan fingerprint density at radius 2 is 2.00 bits per heavy atom. The summed E-state index contributed by atoms with van der Waals surface area (Å²) in [5, 5.41) is 13.1. The molecule has 1 aromatic heterocycles. The molecule has 0 radical (unpaired) electrons. The normalized spacial score (nSPS) is 14.4. The lowest BCUT2D eigenvalue weighted by molar-refractivity contribution is 0.312. The van der Waals surface area contributed by atoms with E-state index >= 15 is 0 Å². The molecule has 0 fully saturated rings. The maximum atomic E-state index is 9.22. The Hall–Kier alpha value is -1.88.